The minimum atomic E-state index is -5.08. The molecule has 0 aromatic heterocycles. The summed E-state index contributed by atoms with van der Waals surface area (Å²) < 4.78 is 37.6. The number of carbonyl (C=O) groups excluding carboxylic acids is 1. The SMILES string of the molecule is CCN1CCOC(CN2CCN(C(=O)C(C(=O)O)C(C)(C)C)CC2)C1.O=C(O)C(F)(F)F. The smallest absolute Gasteiger partial charge is 0.481 e. The lowest BCUT2D eigenvalue weighted by atomic mass is 9.79. The number of hydrogen-bond donors (Lipinski definition) is 2. The number of carbonyl (C=O) groups is 3. The van der Waals surface area contributed by atoms with Crippen molar-refractivity contribution in [3.8, 4) is 0 Å². The molecule has 9 nitrogen and oxygen atoms in total. The van der Waals surface area contributed by atoms with E-state index in [9.17, 15) is 27.9 Å². The summed E-state index contributed by atoms with van der Waals surface area (Å²) in [4.78, 5) is 39.5. The highest BCUT2D eigenvalue weighted by atomic mass is 19.4. The Bertz CT molecular complexity index is 645. The van der Waals surface area contributed by atoms with Gasteiger partial charge in [-0.05, 0) is 12.0 Å². The van der Waals surface area contributed by atoms with Crippen LogP contribution in [0.2, 0.25) is 0 Å². The number of piperazine rings is 1. The van der Waals surface area contributed by atoms with Crippen LogP contribution in [-0.4, -0.2) is 114 Å². The summed E-state index contributed by atoms with van der Waals surface area (Å²) in [6.45, 7) is 15.0. The molecule has 0 aromatic carbocycles. The summed E-state index contributed by atoms with van der Waals surface area (Å²) in [6, 6.07) is 0. The Labute approximate surface area is 186 Å². The second-order valence-corrected chi connectivity index (χ2v) is 8.95. The van der Waals surface area contributed by atoms with Crippen LogP contribution in [-0.2, 0) is 19.1 Å². The molecule has 186 valence electrons. The van der Waals surface area contributed by atoms with Crippen LogP contribution in [0.5, 0.6) is 0 Å². The van der Waals surface area contributed by atoms with E-state index in [4.69, 9.17) is 14.6 Å². The van der Waals surface area contributed by atoms with E-state index in [1.165, 1.54) is 0 Å². The van der Waals surface area contributed by atoms with Gasteiger partial charge in [-0.15, -0.1) is 0 Å². The summed E-state index contributed by atoms with van der Waals surface area (Å²) in [6.07, 6.45) is -4.86. The highest BCUT2D eigenvalue weighted by molar-refractivity contribution is 5.97. The molecule has 2 aliphatic heterocycles. The minimum Gasteiger partial charge on any atom is -0.481 e. The first-order valence-corrected chi connectivity index (χ1v) is 10.5. The number of amides is 1. The summed E-state index contributed by atoms with van der Waals surface area (Å²) in [7, 11) is 0. The molecule has 32 heavy (non-hydrogen) atoms. The van der Waals surface area contributed by atoms with Gasteiger partial charge < -0.3 is 19.8 Å². The topological polar surface area (TPSA) is 111 Å². The number of likely N-dealkylation sites (N-methyl/N-ethyl adjacent to an activating group) is 1. The predicted molar refractivity (Wildman–Crippen MR) is 109 cm³/mol. The molecule has 0 spiro atoms. The molecule has 2 N–H and O–H groups in total. The zero-order valence-electron chi connectivity index (χ0n) is 19.0. The van der Waals surface area contributed by atoms with Crippen LogP contribution in [0.15, 0.2) is 0 Å². The molecule has 2 heterocycles. The second kappa shape index (κ2) is 11.8. The van der Waals surface area contributed by atoms with Gasteiger partial charge in [-0.25, -0.2) is 4.79 Å². The highest BCUT2D eigenvalue weighted by Crippen LogP contribution is 2.28. The van der Waals surface area contributed by atoms with Gasteiger partial charge in [0.15, 0.2) is 0 Å². The molecule has 2 fully saturated rings. The van der Waals surface area contributed by atoms with Gasteiger partial charge in [0.05, 0.1) is 12.7 Å². The van der Waals surface area contributed by atoms with Gasteiger partial charge in [-0.2, -0.15) is 13.2 Å². The van der Waals surface area contributed by atoms with Crippen molar-refractivity contribution in [1.82, 2.24) is 14.7 Å². The molecule has 0 aliphatic carbocycles. The molecule has 0 radical (unpaired) electrons. The summed E-state index contributed by atoms with van der Waals surface area (Å²) >= 11 is 0. The van der Waals surface area contributed by atoms with Gasteiger partial charge in [0.1, 0.15) is 5.92 Å². The van der Waals surface area contributed by atoms with Crippen molar-refractivity contribution in [2.24, 2.45) is 11.3 Å². The average molecular weight is 470 g/mol. The Hall–Kier alpha value is -1.92. The minimum absolute atomic E-state index is 0.220. The Balaban J connectivity index is 0.000000633. The van der Waals surface area contributed by atoms with E-state index in [1.54, 1.807) is 25.7 Å². The zero-order chi connectivity index (χ0) is 24.7. The van der Waals surface area contributed by atoms with Gasteiger partial charge in [0.2, 0.25) is 5.91 Å². The average Bonchev–Trinajstić information content (AvgIpc) is 2.67. The highest BCUT2D eigenvalue weighted by Gasteiger charge is 2.41. The maximum atomic E-state index is 12.7. The number of carboxylic acid groups (broad SMARTS) is 2. The summed E-state index contributed by atoms with van der Waals surface area (Å²) in [5.41, 5.74) is -0.584. The van der Waals surface area contributed by atoms with E-state index in [2.05, 4.69) is 16.7 Å². The number of rotatable bonds is 5. The van der Waals surface area contributed by atoms with Crippen LogP contribution in [0.3, 0.4) is 0 Å². The number of ether oxygens (including phenoxy) is 1. The lowest BCUT2D eigenvalue weighted by molar-refractivity contribution is -0.192. The van der Waals surface area contributed by atoms with E-state index < -0.39 is 29.4 Å². The number of morpholine rings is 1. The quantitative estimate of drug-likeness (QED) is 0.579. The van der Waals surface area contributed by atoms with Crippen molar-refractivity contribution in [2.75, 3.05) is 59.0 Å². The maximum Gasteiger partial charge on any atom is 0.490 e. The lowest BCUT2D eigenvalue weighted by Gasteiger charge is -2.40. The standard InChI is InChI=1S/C18H33N3O4.C2HF3O2/c1-5-19-10-11-25-14(12-19)13-20-6-8-21(9-7-20)16(22)15(17(23)24)18(2,3)4;3-2(4,5)1(6)7/h14-15H,5-13H2,1-4H3,(H,23,24);(H,6,7). The number of hydrogen-bond acceptors (Lipinski definition) is 6. The third-order valence-corrected chi connectivity index (χ3v) is 5.42. The van der Waals surface area contributed by atoms with E-state index in [1.807, 2.05) is 0 Å². The molecule has 2 rings (SSSR count). The van der Waals surface area contributed by atoms with Gasteiger partial charge in [-0.3, -0.25) is 19.4 Å². The second-order valence-electron chi connectivity index (χ2n) is 8.95. The first kappa shape index (κ1) is 28.1. The molecular weight excluding hydrogens is 435 g/mol. The van der Waals surface area contributed by atoms with E-state index in [-0.39, 0.29) is 12.0 Å². The Morgan fingerprint density at radius 1 is 1.00 bits per heavy atom. The molecule has 0 bridgehead atoms. The van der Waals surface area contributed by atoms with Crippen LogP contribution < -0.4 is 0 Å². The Morgan fingerprint density at radius 2 is 1.53 bits per heavy atom. The van der Waals surface area contributed by atoms with E-state index in [0.717, 1.165) is 45.9 Å². The largest absolute Gasteiger partial charge is 0.490 e. The van der Waals surface area contributed by atoms with Gasteiger partial charge >= 0.3 is 18.1 Å². The van der Waals surface area contributed by atoms with E-state index in [0.29, 0.717) is 13.1 Å². The van der Waals surface area contributed by atoms with Crippen molar-refractivity contribution >= 4 is 17.8 Å². The van der Waals surface area contributed by atoms with Gasteiger partial charge in [0.25, 0.3) is 0 Å². The summed E-state index contributed by atoms with van der Waals surface area (Å²) in [5.74, 6) is -5.03. The molecular formula is C20H34F3N3O6. The number of alkyl halides is 3. The van der Waals surface area contributed by atoms with E-state index >= 15 is 0 Å². The fourth-order valence-corrected chi connectivity index (χ4v) is 3.65. The van der Waals surface area contributed by atoms with Crippen LogP contribution >= 0.6 is 0 Å². The molecule has 2 aliphatic rings. The molecule has 2 saturated heterocycles. The number of carboxylic acids is 2. The Morgan fingerprint density at radius 3 is 1.94 bits per heavy atom. The fourth-order valence-electron chi connectivity index (χ4n) is 3.65. The van der Waals surface area contributed by atoms with Crippen LogP contribution in [0.4, 0.5) is 13.2 Å². The molecule has 0 aromatic rings. The Kier molecular flexibility index (Phi) is 10.4. The fraction of sp³-hybridized carbons (Fsp3) is 0.850. The van der Waals surface area contributed by atoms with Gasteiger partial charge in [-0.1, -0.05) is 27.7 Å². The third-order valence-electron chi connectivity index (χ3n) is 5.42. The van der Waals surface area contributed by atoms with Gasteiger partial charge in [0, 0.05) is 45.8 Å². The number of nitrogens with zero attached hydrogens (tertiary/aromatic N) is 3. The first-order valence-electron chi connectivity index (χ1n) is 10.5. The molecule has 0 saturated carbocycles. The number of halogens is 3. The normalized spacial score (nSPS) is 22.0. The molecule has 2 atom stereocenters. The molecule has 1 amide bonds. The monoisotopic (exact) mass is 469 g/mol. The lowest BCUT2D eigenvalue weighted by Crippen LogP contribution is -2.55. The summed E-state index contributed by atoms with van der Waals surface area (Å²) in [5, 5.41) is 16.6. The van der Waals surface area contributed by atoms with Crippen molar-refractivity contribution in [3.63, 3.8) is 0 Å². The van der Waals surface area contributed by atoms with Crippen molar-refractivity contribution in [3.05, 3.63) is 0 Å². The van der Waals surface area contributed by atoms with Crippen molar-refractivity contribution in [1.29, 1.82) is 0 Å². The van der Waals surface area contributed by atoms with Crippen LogP contribution in [0, 0.1) is 11.3 Å². The zero-order valence-corrected chi connectivity index (χ0v) is 19.0. The van der Waals surface area contributed by atoms with Crippen LogP contribution in [0.1, 0.15) is 27.7 Å². The third kappa shape index (κ3) is 8.91. The number of aliphatic carboxylic acids is 2. The van der Waals surface area contributed by atoms with Crippen molar-refractivity contribution < 1.29 is 42.5 Å². The first-order chi connectivity index (χ1) is 14.7. The predicted octanol–water partition coefficient (Wildman–Crippen LogP) is 1.23. The molecule has 12 heteroatoms. The van der Waals surface area contributed by atoms with Crippen molar-refractivity contribution in [2.45, 2.75) is 40.0 Å². The molecule has 2 unspecified atom stereocenters. The van der Waals surface area contributed by atoms with Crippen LogP contribution in [0.25, 0.3) is 0 Å². The maximum absolute atomic E-state index is 12.7.